The van der Waals surface area contributed by atoms with E-state index < -0.39 is 20.9 Å². The Hall–Kier alpha value is -3.32. The van der Waals surface area contributed by atoms with Crippen molar-refractivity contribution in [2.24, 2.45) is 17.8 Å². The number of carbonyl (C=O) groups is 1. The maximum Gasteiger partial charge on any atom is 0.320 e. The van der Waals surface area contributed by atoms with Crippen LogP contribution in [-0.4, -0.2) is 34.0 Å². The number of aromatic nitrogens is 3. The molecule has 13 heteroatoms. The topological polar surface area (TPSA) is 149 Å². The summed E-state index contributed by atoms with van der Waals surface area (Å²) in [5.41, 5.74) is -0.516. The van der Waals surface area contributed by atoms with Crippen molar-refractivity contribution >= 4 is 43.8 Å². The lowest BCUT2D eigenvalue weighted by Gasteiger charge is -2.56. The molecule has 188 valence electrons. The zero-order valence-corrected chi connectivity index (χ0v) is 20.8. The summed E-state index contributed by atoms with van der Waals surface area (Å²) < 4.78 is 29.1. The molecule has 0 radical (unpaired) electrons. The van der Waals surface area contributed by atoms with Crippen LogP contribution in [-0.2, 0) is 15.6 Å². The normalized spacial score (nSPS) is 26.6. The third kappa shape index (κ3) is 4.05. The van der Waals surface area contributed by atoms with E-state index in [1.807, 2.05) is 0 Å². The predicted octanol–water partition coefficient (Wildman–Crippen LogP) is 4.23. The van der Waals surface area contributed by atoms with Crippen molar-refractivity contribution in [1.82, 2.24) is 14.8 Å². The highest BCUT2D eigenvalue weighted by Crippen LogP contribution is 2.58. The largest absolute Gasteiger partial charge is 0.320 e. The monoisotopic (exact) mass is 528 g/mol. The molecule has 0 unspecified atom stereocenters. The Bertz CT molecular complexity index is 1400. The zero-order valence-electron chi connectivity index (χ0n) is 19.2. The van der Waals surface area contributed by atoms with Gasteiger partial charge in [0.2, 0.25) is 5.69 Å². The van der Waals surface area contributed by atoms with Crippen LogP contribution in [0.25, 0.3) is 0 Å². The van der Waals surface area contributed by atoms with E-state index in [1.54, 1.807) is 10.1 Å². The molecule has 7 rings (SSSR count). The van der Waals surface area contributed by atoms with Gasteiger partial charge in [0, 0.05) is 17.3 Å². The summed E-state index contributed by atoms with van der Waals surface area (Å²) in [6, 6.07) is 5.54. The molecular weight excluding hydrogens is 504 g/mol. The molecule has 0 spiro atoms. The number of amides is 1. The first-order valence-electron chi connectivity index (χ1n) is 11.8. The first kappa shape index (κ1) is 23.1. The van der Waals surface area contributed by atoms with Gasteiger partial charge in [-0.2, -0.15) is 5.10 Å². The highest BCUT2D eigenvalue weighted by Gasteiger charge is 2.53. The molecule has 4 fully saturated rings. The Labute approximate surface area is 211 Å². The van der Waals surface area contributed by atoms with E-state index in [0.717, 1.165) is 30.6 Å². The lowest BCUT2D eigenvalue weighted by Crippen LogP contribution is -2.52. The second kappa shape index (κ2) is 8.37. The van der Waals surface area contributed by atoms with Crippen LogP contribution in [0.1, 0.15) is 49.0 Å². The van der Waals surface area contributed by atoms with Crippen molar-refractivity contribution in [1.29, 1.82) is 0 Å². The number of benzene rings is 1. The van der Waals surface area contributed by atoms with Crippen LogP contribution in [0.5, 0.6) is 0 Å². The molecule has 2 aromatic heterocycles. The van der Waals surface area contributed by atoms with Crippen molar-refractivity contribution in [3.05, 3.63) is 57.8 Å². The minimum Gasteiger partial charge on any atom is -0.320 e. The van der Waals surface area contributed by atoms with E-state index in [0.29, 0.717) is 23.4 Å². The number of nitrogens with one attached hydrogen (secondary N) is 2. The molecule has 0 atom stereocenters. The Morgan fingerprint density at radius 1 is 1.11 bits per heavy atom. The predicted molar refractivity (Wildman–Crippen MR) is 132 cm³/mol. The van der Waals surface area contributed by atoms with Crippen LogP contribution in [0, 0.1) is 27.9 Å². The van der Waals surface area contributed by atoms with Crippen molar-refractivity contribution in [2.75, 3.05) is 10.0 Å². The number of sulfonamides is 1. The third-order valence-electron chi connectivity index (χ3n) is 7.68. The van der Waals surface area contributed by atoms with Crippen LogP contribution < -0.4 is 10.0 Å². The summed E-state index contributed by atoms with van der Waals surface area (Å²) in [4.78, 5) is 28.2. The van der Waals surface area contributed by atoms with Gasteiger partial charge in [0.15, 0.2) is 5.13 Å². The minimum absolute atomic E-state index is 0.00669. The van der Waals surface area contributed by atoms with E-state index in [2.05, 4.69) is 20.1 Å². The van der Waals surface area contributed by atoms with Gasteiger partial charge in [0.1, 0.15) is 6.20 Å². The Balaban J connectivity index is 1.22. The SMILES string of the molecule is O=C(Nc1ccc(S(=O)(=O)Nc2nccs2)cc1)c1nn(C23CC4CC(CC(C4)C2)C3)cc1[N+](=O)[O-]. The molecular formula is C23H24N6O5S2. The summed E-state index contributed by atoms with van der Waals surface area (Å²) in [6.07, 6.45) is 9.42. The van der Waals surface area contributed by atoms with Crippen LogP contribution in [0.2, 0.25) is 0 Å². The lowest BCUT2D eigenvalue weighted by atomic mass is 9.53. The number of anilines is 2. The fourth-order valence-electron chi connectivity index (χ4n) is 6.60. The van der Waals surface area contributed by atoms with Gasteiger partial charge in [-0.3, -0.25) is 24.3 Å². The summed E-state index contributed by atoms with van der Waals surface area (Å²) >= 11 is 1.15. The standard InChI is InChI=1S/C23H24N6O5S2/c30-21(25-17-1-3-18(4-2-17)36(33,34)27-22-24-5-6-35-22)20-19(29(31)32)13-28(26-20)23-10-14-7-15(11-23)9-16(8-14)12-23/h1-6,13-16H,7-12H2,(H,24,27)(H,25,30). The number of rotatable bonds is 7. The number of carbonyl (C=O) groups excluding carboxylic acids is 1. The van der Waals surface area contributed by atoms with Crippen molar-refractivity contribution in [2.45, 2.75) is 49.0 Å². The van der Waals surface area contributed by atoms with E-state index in [4.69, 9.17) is 0 Å². The molecule has 36 heavy (non-hydrogen) atoms. The van der Waals surface area contributed by atoms with Gasteiger partial charge in [0.05, 0.1) is 15.4 Å². The summed E-state index contributed by atoms with van der Waals surface area (Å²) in [7, 11) is -3.84. The minimum atomic E-state index is -3.84. The van der Waals surface area contributed by atoms with Gasteiger partial charge in [-0.05, 0) is 80.5 Å². The number of hydrogen-bond donors (Lipinski definition) is 2. The second-order valence-corrected chi connectivity index (χ2v) is 12.7. The molecule has 1 amide bonds. The summed E-state index contributed by atoms with van der Waals surface area (Å²) in [6.45, 7) is 0. The molecule has 0 aliphatic heterocycles. The van der Waals surface area contributed by atoms with E-state index in [1.165, 1.54) is 55.9 Å². The number of hydrogen-bond acceptors (Lipinski definition) is 8. The molecule has 2 heterocycles. The second-order valence-electron chi connectivity index (χ2n) is 10.1. The first-order valence-corrected chi connectivity index (χ1v) is 14.2. The molecule has 3 aromatic rings. The first-order chi connectivity index (χ1) is 17.2. The van der Waals surface area contributed by atoms with Crippen LogP contribution in [0.4, 0.5) is 16.5 Å². The third-order valence-corrected chi connectivity index (χ3v) is 9.85. The van der Waals surface area contributed by atoms with Gasteiger partial charge in [-0.15, -0.1) is 11.3 Å². The molecule has 2 N–H and O–H groups in total. The highest BCUT2D eigenvalue weighted by atomic mass is 32.2. The van der Waals surface area contributed by atoms with Crippen LogP contribution >= 0.6 is 11.3 Å². The lowest BCUT2D eigenvalue weighted by molar-refractivity contribution is -0.385. The highest BCUT2D eigenvalue weighted by molar-refractivity contribution is 7.93. The quantitative estimate of drug-likeness (QED) is 0.344. The van der Waals surface area contributed by atoms with Crippen molar-refractivity contribution in [3.8, 4) is 0 Å². The van der Waals surface area contributed by atoms with Gasteiger partial charge in [-0.25, -0.2) is 13.4 Å². The summed E-state index contributed by atoms with van der Waals surface area (Å²) in [5, 5.41) is 20.8. The van der Waals surface area contributed by atoms with Crippen molar-refractivity contribution in [3.63, 3.8) is 0 Å². The van der Waals surface area contributed by atoms with Gasteiger partial charge in [0.25, 0.3) is 15.9 Å². The van der Waals surface area contributed by atoms with Crippen molar-refractivity contribution < 1.29 is 18.1 Å². The summed E-state index contributed by atoms with van der Waals surface area (Å²) in [5.74, 6) is 1.16. The molecule has 4 bridgehead atoms. The van der Waals surface area contributed by atoms with Gasteiger partial charge >= 0.3 is 5.69 Å². The zero-order chi connectivity index (χ0) is 25.1. The van der Waals surface area contributed by atoms with E-state index >= 15 is 0 Å². The smallest absolute Gasteiger partial charge is 0.320 e. The Morgan fingerprint density at radius 2 is 1.75 bits per heavy atom. The Kier molecular flexibility index (Phi) is 5.37. The number of nitro groups is 1. The maximum atomic E-state index is 13.0. The Morgan fingerprint density at radius 3 is 2.31 bits per heavy atom. The van der Waals surface area contributed by atoms with E-state index in [9.17, 15) is 23.3 Å². The van der Waals surface area contributed by atoms with Gasteiger partial charge in [-0.1, -0.05) is 0 Å². The fourth-order valence-corrected chi connectivity index (χ4v) is 8.39. The number of thiazole rings is 1. The molecule has 0 saturated heterocycles. The maximum absolute atomic E-state index is 13.0. The van der Waals surface area contributed by atoms with E-state index in [-0.39, 0.29) is 26.9 Å². The molecule has 4 aliphatic rings. The van der Waals surface area contributed by atoms with Crippen LogP contribution in [0.3, 0.4) is 0 Å². The average molecular weight is 529 g/mol. The fraction of sp³-hybridized carbons (Fsp3) is 0.435. The molecule has 4 saturated carbocycles. The average Bonchev–Trinajstić information content (AvgIpc) is 3.49. The van der Waals surface area contributed by atoms with Gasteiger partial charge < -0.3 is 5.32 Å². The molecule has 4 aliphatic carbocycles. The molecule has 1 aromatic carbocycles. The molecule has 11 nitrogen and oxygen atoms in total. The van der Waals surface area contributed by atoms with Crippen LogP contribution in [0.15, 0.2) is 46.9 Å². The number of nitrogens with zero attached hydrogens (tertiary/aromatic N) is 4.